The number of piperidine rings is 1. The summed E-state index contributed by atoms with van der Waals surface area (Å²) < 4.78 is 0. The Morgan fingerprint density at radius 3 is 2.40 bits per heavy atom. The van der Waals surface area contributed by atoms with Gasteiger partial charge in [0.2, 0.25) is 0 Å². The molecule has 1 aliphatic rings. The Bertz CT molecular complexity index is 147. The van der Waals surface area contributed by atoms with E-state index in [0.717, 1.165) is 12.0 Å². The lowest BCUT2D eigenvalue weighted by Gasteiger charge is -2.36. The molecule has 0 saturated carbocycles. The maximum absolute atomic E-state index is 3.53. The molecular formula is C13H28N2. The van der Waals surface area contributed by atoms with Crippen molar-refractivity contribution in [2.45, 2.75) is 52.5 Å². The van der Waals surface area contributed by atoms with E-state index < -0.39 is 0 Å². The van der Waals surface area contributed by atoms with Crippen molar-refractivity contribution < 1.29 is 0 Å². The van der Waals surface area contributed by atoms with Crippen LogP contribution in [0.4, 0.5) is 0 Å². The normalized spacial score (nSPS) is 24.4. The molecule has 0 spiro atoms. The molecule has 1 heterocycles. The van der Waals surface area contributed by atoms with E-state index in [9.17, 15) is 0 Å². The number of rotatable bonds is 6. The van der Waals surface area contributed by atoms with E-state index >= 15 is 0 Å². The molecule has 2 heteroatoms. The molecule has 15 heavy (non-hydrogen) atoms. The Kier molecular flexibility index (Phi) is 6.26. The summed E-state index contributed by atoms with van der Waals surface area (Å²) in [5, 5.41) is 3.53. The third-order valence-electron chi connectivity index (χ3n) is 3.61. The van der Waals surface area contributed by atoms with Crippen LogP contribution in [-0.2, 0) is 0 Å². The fourth-order valence-electron chi connectivity index (χ4n) is 2.68. The van der Waals surface area contributed by atoms with Crippen LogP contribution in [0.5, 0.6) is 0 Å². The topological polar surface area (TPSA) is 15.3 Å². The van der Waals surface area contributed by atoms with Crippen molar-refractivity contribution in [1.82, 2.24) is 10.2 Å². The van der Waals surface area contributed by atoms with Crippen molar-refractivity contribution in [3.8, 4) is 0 Å². The average molecular weight is 212 g/mol. The van der Waals surface area contributed by atoms with Gasteiger partial charge in [-0.2, -0.15) is 0 Å². The van der Waals surface area contributed by atoms with Crippen LogP contribution in [0.1, 0.15) is 46.5 Å². The van der Waals surface area contributed by atoms with Crippen molar-refractivity contribution in [2.75, 3.05) is 26.2 Å². The second-order valence-electron chi connectivity index (χ2n) is 4.88. The maximum Gasteiger partial charge on any atom is 0.0107 e. The zero-order valence-corrected chi connectivity index (χ0v) is 10.8. The van der Waals surface area contributed by atoms with E-state index in [1.54, 1.807) is 0 Å². The van der Waals surface area contributed by atoms with Gasteiger partial charge in [-0.25, -0.2) is 0 Å². The molecule has 90 valence electrons. The molecule has 2 unspecified atom stereocenters. The summed E-state index contributed by atoms with van der Waals surface area (Å²) in [6.45, 7) is 12.0. The van der Waals surface area contributed by atoms with Crippen molar-refractivity contribution in [1.29, 1.82) is 0 Å². The molecule has 2 atom stereocenters. The first kappa shape index (κ1) is 13.0. The predicted octanol–water partition coefficient (Wildman–Crippen LogP) is 2.50. The van der Waals surface area contributed by atoms with E-state index in [2.05, 4.69) is 31.0 Å². The highest BCUT2D eigenvalue weighted by atomic mass is 15.2. The molecular weight excluding hydrogens is 184 g/mol. The minimum absolute atomic E-state index is 0.762. The smallest absolute Gasteiger partial charge is 0.0107 e. The van der Waals surface area contributed by atoms with Gasteiger partial charge in [-0.3, -0.25) is 0 Å². The van der Waals surface area contributed by atoms with Crippen LogP contribution in [0.15, 0.2) is 0 Å². The largest absolute Gasteiger partial charge is 0.316 e. The van der Waals surface area contributed by atoms with Crippen LogP contribution < -0.4 is 5.32 Å². The number of nitrogens with zero attached hydrogens (tertiary/aromatic N) is 1. The predicted molar refractivity (Wildman–Crippen MR) is 67.2 cm³/mol. The summed E-state index contributed by atoms with van der Waals surface area (Å²) in [6.07, 6.45) is 5.34. The molecule has 0 radical (unpaired) electrons. The highest BCUT2D eigenvalue weighted by Gasteiger charge is 2.23. The van der Waals surface area contributed by atoms with Gasteiger partial charge in [0.25, 0.3) is 0 Å². The van der Waals surface area contributed by atoms with Gasteiger partial charge >= 0.3 is 0 Å². The quantitative estimate of drug-likeness (QED) is 0.728. The zero-order valence-electron chi connectivity index (χ0n) is 10.8. The van der Waals surface area contributed by atoms with Gasteiger partial charge < -0.3 is 10.2 Å². The number of nitrogens with one attached hydrogen (secondary N) is 1. The van der Waals surface area contributed by atoms with Crippen LogP contribution in [0.3, 0.4) is 0 Å². The van der Waals surface area contributed by atoms with Crippen molar-refractivity contribution in [2.24, 2.45) is 5.92 Å². The summed E-state index contributed by atoms with van der Waals surface area (Å²) in [5.41, 5.74) is 0. The third-order valence-corrected chi connectivity index (χ3v) is 3.61. The summed E-state index contributed by atoms with van der Waals surface area (Å²) in [7, 11) is 0. The molecule has 0 aromatic heterocycles. The van der Waals surface area contributed by atoms with Gasteiger partial charge in [-0.1, -0.05) is 13.8 Å². The summed E-state index contributed by atoms with van der Waals surface area (Å²) >= 11 is 0. The molecule has 1 fully saturated rings. The highest BCUT2D eigenvalue weighted by Crippen LogP contribution is 2.19. The van der Waals surface area contributed by atoms with Gasteiger partial charge in [0.05, 0.1) is 0 Å². The van der Waals surface area contributed by atoms with Crippen LogP contribution >= 0.6 is 0 Å². The van der Waals surface area contributed by atoms with Gasteiger partial charge in [0, 0.05) is 6.04 Å². The summed E-state index contributed by atoms with van der Waals surface area (Å²) in [4.78, 5) is 2.68. The fourth-order valence-corrected chi connectivity index (χ4v) is 2.68. The molecule has 0 aromatic rings. The first-order valence-electron chi connectivity index (χ1n) is 6.74. The molecule has 0 bridgehead atoms. The van der Waals surface area contributed by atoms with Crippen molar-refractivity contribution in [3.05, 3.63) is 0 Å². The lowest BCUT2D eigenvalue weighted by atomic mass is 9.91. The standard InChI is InChI=1S/C13H28N2/c1-4-9-15(10-5-2)12(3)13-7-6-8-14-11-13/h12-14H,4-11H2,1-3H3. The Morgan fingerprint density at radius 2 is 1.93 bits per heavy atom. The van der Waals surface area contributed by atoms with E-state index in [1.165, 1.54) is 51.9 Å². The summed E-state index contributed by atoms with van der Waals surface area (Å²) in [6, 6.07) is 0.762. The minimum atomic E-state index is 0.762. The zero-order chi connectivity index (χ0) is 11.1. The molecule has 0 aromatic carbocycles. The highest BCUT2D eigenvalue weighted by molar-refractivity contribution is 4.80. The first-order valence-corrected chi connectivity index (χ1v) is 6.74. The fraction of sp³-hybridized carbons (Fsp3) is 1.00. The summed E-state index contributed by atoms with van der Waals surface area (Å²) in [5.74, 6) is 0.872. The Labute approximate surface area is 95.4 Å². The second-order valence-corrected chi connectivity index (χ2v) is 4.88. The van der Waals surface area contributed by atoms with Crippen LogP contribution in [0.25, 0.3) is 0 Å². The monoisotopic (exact) mass is 212 g/mol. The van der Waals surface area contributed by atoms with E-state index in [4.69, 9.17) is 0 Å². The average Bonchev–Trinajstić information content (AvgIpc) is 2.29. The number of hydrogen-bond donors (Lipinski definition) is 1. The molecule has 1 aliphatic heterocycles. The first-order chi connectivity index (χ1) is 7.29. The van der Waals surface area contributed by atoms with Gasteiger partial charge in [-0.15, -0.1) is 0 Å². The molecule has 1 N–H and O–H groups in total. The van der Waals surface area contributed by atoms with Crippen LogP contribution in [-0.4, -0.2) is 37.1 Å². The molecule has 1 saturated heterocycles. The maximum atomic E-state index is 3.53. The van der Waals surface area contributed by atoms with Gasteiger partial charge in [0.1, 0.15) is 0 Å². The lowest BCUT2D eigenvalue weighted by molar-refractivity contribution is 0.136. The Hall–Kier alpha value is -0.0800. The molecule has 0 aliphatic carbocycles. The van der Waals surface area contributed by atoms with Crippen LogP contribution in [0, 0.1) is 5.92 Å². The van der Waals surface area contributed by atoms with E-state index in [-0.39, 0.29) is 0 Å². The Balaban J connectivity index is 2.41. The third kappa shape index (κ3) is 4.12. The lowest BCUT2D eigenvalue weighted by Crippen LogP contribution is -2.45. The number of hydrogen-bond acceptors (Lipinski definition) is 2. The van der Waals surface area contributed by atoms with E-state index in [1.807, 2.05) is 0 Å². The minimum Gasteiger partial charge on any atom is -0.316 e. The van der Waals surface area contributed by atoms with Gasteiger partial charge in [0.15, 0.2) is 0 Å². The van der Waals surface area contributed by atoms with Crippen molar-refractivity contribution in [3.63, 3.8) is 0 Å². The van der Waals surface area contributed by atoms with Gasteiger partial charge in [-0.05, 0) is 64.7 Å². The second kappa shape index (κ2) is 7.24. The van der Waals surface area contributed by atoms with Crippen molar-refractivity contribution >= 4 is 0 Å². The molecule has 0 amide bonds. The molecule has 2 nitrogen and oxygen atoms in total. The van der Waals surface area contributed by atoms with Crippen LogP contribution in [0.2, 0.25) is 0 Å². The molecule has 1 rings (SSSR count). The van der Waals surface area contributed by atoms with E-state index in [0.29, 0.717) is 0 Å². The SMILES string of the molecule is CCCN(CCC)C(C)C1CCCNC1. The Morgan fingerprint density at radius 1 is 1.27 bits per heavy atom.